The highest BCUT2D eigenvalue weighted by Gasteiger charge is 2.36. The third-order valence-electron chi connectivity index (χ3n) is 6.77. The maximum Gasteiger partial charge on any atom is 0.416 e. The van der Waals surface area contributed by atoms with Crippen molar-refractivity contribution in [1.29, 1.82) is 0 Å². The Morgan fingerprint density at radius 3 is 2.12 bits per heavy atom. The van der Waals surface area contributed by atoms with Crippen molar-refractivity contribution in [2.75, 3.05) is 6.61 Å². The number of ether oxygens (including phenoxy) is 1. The van der Waals surface area contributed by atoms with Crippen molar-refractivity contribution in [2.24, 2.45) is 17.6 Å². The van der Waals surface area contributed by atoms with Gasteiger partial charge >= 0.3 is 12.1 Å². The van der Waals surface area contributed by atoms with Gasteiger partial charge in [-0.2, -0.15) is 13.2 Å². The number of sulfonamides is 1. The number of carbonyl (C=O) groups is 2. The highest BCUT2D eigenvalue weighted by Crippen LogP contribution is 2.32. The molecule has 222 valence electrons. The summed E-state index contributed by atoms with van der Waals surface area (Å²) >= 11 is 0. The molecule has 0 aromatic heterocycles. The van der Waals surface area contributed by atoms with Crippen LogP contribution in [-0.2, 0) is 30.5 Å². The predicted molar refractivity (Wildman–Crippen MR) is 145 cm³/mol. The maximum atomic E-state index is 13.8. The molecule has 0 bridgehead atoms. The van der Waals surface area contributed by atoms with Crippen LogP contribution in [0.2, 0.25) is 0 Å². The van der Waals surface area contributed by atoms with E-state index in [9.17, 15) is 31.2 Å². The van der Waals surface area contributed by atoms with E-state index in [1.54, 1.807) is 44.2 Å². The van der Waals surface area contributed by atoms with E-state index >= 15 is 0 Å². The summed E-state index contributed by atoms with van der Waals surface area (Å²) in [6.45, 7) is 3.10. The summed E-state index contributed by atoms with van der Waals surface area (Å²) in [6, 6.07) is 9.43. The normalized spacial score (nSPS) is 16.1. The third-order valence-corrected chi connectivity index (χ3v) is 8.10. The third kappa shape index (κ3) is 8.66. The van der Waals surface area contributed by atoms with Crippen molar-refractivity contribution in [2.45, 2.75) is 69.1 Å². The quantitative estimate of drug-likeness (QED) is 0.291. The van der Waals surface area contributed by atoms with Crippen molar-refractivity contribution < 1.29 is 35.9 Å². The fraction of sp³-hybridized carbons (Fsp3) is 0.481. The Kier molecular flexibility index (Phi) is 12.0. The Hall–Kier alpha value is -2.67. The number of benzene rings is 2. The topological polar surface area (TPSA) is 119 Å². The minimum Gasteiger partial charge on any atom is -0.462 e. The largest absolute Gasteiger partial charge is 0.462 e. The molecule has 1 aliphatic carbocycles. The lowest BCUT2D eigenvalue weighted by atomic mass is 9.88. The number of halogens is 4. The minimum atomic E-state index is -4.64. The number of nitrogens with zero attached hydrogens (tertiary/aromatic N) is 1. The van der Waals surface area contributed by atoms with E-state index in [0.717, 1.165) is 36.4 Å². The molecule has 3 N–H and O–H groups in total. The Morgan fingerprint density at radius 1 is 1.02 bits per heavy atom. The monoisotopic (exact) mass is 605 g/mol. The molecule has 1 fully saturated rings. The number of esters is 1. The Labute approximate surface area is 238 Å². The molecule has 0 saturated heterocycles. The van der Waals surface area contributed by atoms with Gasteiger partial charge in [0.15, 0.2) is 0 Å². The number of hydrazine groups is 1. The van der Waals surface area contributed by atoms with Gasteiger partial charge in [-0.25, -0.2) is 8.42 Å². The fourth-order valence-corrected chi connectivity index (χ4v) is 5.41. The lowest BCUT2D eigenvalue weighted by molar-refractivity contribution is -0.153. The molecular weight excluding hydrogens is 571 g/mol. The second-order valence-corrected chi connectivity index (χ2v) is 11.6. The first-order chi connectivity index (χ1) is 18.3. The van der Waals surface area contributed by atoms with Crippen LogP contribution < -0.4 is 10.6 Å². The zero-order chi connectivity index (χ0) is 28.8. The van der Waals surface area contributed by atoms with Gasteiger partial charge in [-0.05, 0) is 48.6 Å². The predicted octanol–water partition coefficient (Wildman–Crippen LogP) is 5.00. The van der Waals surface area contributed by atoms with E-state index in [4.69, 9.17) is 10.5 Å². The summed E-state index contributed by atoms with van der Waals surface area (Å²) in [5.41, 5.74) is 5.39. The van der Waals surface area contributed by atoms with Crippen molar-refractivity contribution in [3.05, 3.63) is 65.7 Å². The number of alkyl halides is 3. The summed E-state index contributed by atoms with van der Waals surface area (Å²) in [5, 5.41) is 0.937. The number of hydrogen-bond acceptors (Lipinski definition) is 6. The summed E-state index contributed by atoms with van der Waals surface area (Å²) in [4.78, 5) is 28.2. The van der Waals surface area contributed by atoms with Gasteiger partial charge in [-0.15, -0.1) is 17.2 Å². The van der Waals surface area contributed by atoms with Gasteiger partial charge in [0.2, 0.25) is 5.91 Å². The molecule has 13 heteroatoms. The van der Waals surface area contributed by atoms with Gasteiger partial charge in [-0.1, -0.05) is 63.4 Å². The van der Waals surface area contributed by atoms with Gasteiger partial charge < -0.3 is 10.5 Å². The van der Waals surface area contributed by atoms with Gasteiger partial charge in [0, 0.05) is 5.92 Å². The van der Waals surface area contributed by atoms with Crippen LogP contribution in [0.3, 0.4) is 0 Å². The SMILES string of the molecule is CC(C)C(N)C(=O)OC[C@H](c1ccccc1)N(NS(=O)(=O)c1ccc(C(F)(F)F)cc1)C(=O)C1CCCCC1.Cl. The van der Waals surface area contributed by atoms with Crippen molar-refractivity contribution >= 4 is 34.3 Å². The molecular formula is C27H35ClF3N3O5S. The number of carbonyl (C=O) groups excluding carboxylic acids is 2. The Bertz CT molecular complexity index is 1220. The molecule has 0 radical (unpaired) electrons. The zero-order valence-corrected chi connectivity index (χ0v) is 23.9. The lowest BCUT2D eigenvalue weighted by Gasteiger charge is -2.35. The van der Waals surface area contributed by atoms with E-state index in [0.29, 0.717) is 30.5 Å². The number of nitrogens with two attached hydrogens (primary N) is 1. The molecule has 2 aromatic carbocycles. The van der Waals surface area contributed by atoms with Gasteiger partial charge in [0.25, 0.3) is 10.0 Å². The zero-order valence-electron chi connectivity index (χ0n) is 22.3. The number of hydrogen-bond donors (Lipinski definition) is 2. The summed E-state index contributed by atoms with van der Waals surface area (Å²) in [6.07, 6.45) is -0.992. The molecule has 1 unspecified atom stereocenters. The molecule has 1 amide bonds. The smallest absolute Gasteiger partial charge is 0.416 e. The lowest BCUT2D eigenvalue weighted by Crippen LogP contribution is -2.52. The van der Waals surface area contributed by atoms with Crippen molar-refractivity contribution in [3.8, 4) is 0 Å². The van der Waals surface area contributed by atoms with Crippen LogP contribution >= 0.6 is 12.4 Å². The standard InChI is InChI=1S/C27H34F3N3O5S.ClH/c1-18(2)24(31)26(35)38-17-23(19-9-5-3-6-10-19)33(25(34)20-11-7-4-8-12-20)32-39(36,37)22-15-13-21(14-16-22)27(28,29)30;/h3,5-6,9-10,13-16,18,20,23-24,32H,4,7-8,11-12,17,31H2,1-2H3;1H/t23-,24?;/m1./s1. The average Bonchev–Trinajstić information content (AvgIpc) is 2.92. The minimum absolute atomic E-state index is 0. The summed E-state index contributed by atoms with van der Waals surface area (Å²) in [7, 11) is -4.50. The van der Waals surface area contributed by atoms with Crippen LogP contribution in [0.4, 0.5) is 13.2 Å². The Morgan fingerprint density at radius 2 is 1.60 bits per heavy atom. The van der Waals surface area contributed by atoms with Crippen LogP contribution in [0.1, 0.15) is 63.1 Å². The first kappa shape index (κ1) is 33.5. The highest BCUT2D eigenvalue weighted by molar-refractivity contribution is 7.89. The summed E-state index contributed by atoms with van der Waals surface area (Å²) < 4.78 is 71.2. The van der Waals surface area contributed by atoms with E-state index in [-0.39, 0.29) is 18.3 Å². The maximum absolute atomic E-state index is 13.8. The van der Waals surface area contributed by atoms with Crippen LogP contribution in [0.5, 0.6) is 0 Å². The number of rotatable bonds is 10. The van der Waals surface area contributed by atoms with Crippen LogP contribution in [0, 0.1) is 11.8 Å². The molecule has 1 saturated carbocycles. The molecule has 0 spiro atoms. The van der Waals surface area contributed by atoms with Crippen LogP contribution in [0.25, 0.3) is 0 Å². The van der Waals surface area contributed by atoms with E-state index in [1.807, 2.05) is 0 Å². The second kappa shape index (κ2) is 14.3. The number of amides is 1. The molecule has 1 aliphatic rings. The molecule has 40 heavy (non-hydrogen) atoms. The fourth-order valence-electron chi connectivity index (χ4n) is 4.34. The molecule has 3 rings (SSSR count). The second-order valence-electron chi connectivity index (χ2n) is 9.99. The van der Waals surface area contributed by atoms with Gasteiger partial charge in [-0.3, -0.25) is 14.6 Å². The van der Waals surface area contributed by atoms with Gasteiger partial charge in [0.1, 0.15) is 18.7 Å². The molecule has 2 atom stereocenters. The molecule has 0 heterocycles. The van der Waals surface area contributed by atoms with Crippen molar-refractivity contribution in [1.82, 2.24) is 9.84 Å². The van der Waals surface area contributed by atoms with E-state index in [2.05, 4.69) is 4.83 Å². The van der Waals surface area contributed by atoms with Gasteiger partial charge in [0.05, 0.1) is 10.5 Å². The average molecular weight is 606 g/mol. The van der Waals surface area contributed by atoms with Crippen molar-refractivity contribution in [3.63, 3.8) is 0 Å². The van der Waals surface area contributed by atoms with Crippen LogP contribution in [-0.4, -0.2) is 38.0 Å². The summed E-state index contributed by atoms with van der Waals surface area (Å²) in [5.74, 6) is -1.91. The first-order valence-corrected chi connectivity index (χ1v) is 14.3. The molecule has 8 nitrogen and oxygen atoms in total. The first-order valence-electron chi connectivity index (χ1n) is 12.8. The van der Waals surface area contributed by atoms with Crippen LogP contribution in [0.15, 0.2) is 59.5 Å². The number of nitrogens with one attached hydrogen (secondary N) is 1. The Balaban J connectivity index is 0.00000560. The highest BCUT2D eigenvalue weighted by atomic mass is 35.5. The molecule has 0 aliphatic heterocycles. The van der Waals surface area contributed by atoms with E-state index < -0.39 is 63.1 Å². The van der Waals surface area contributed by atoms with E-state index in [1.165, 1.54) is 0 Å². The molecule has 2 aromatic rings.